The first-order valence-corrected chi connectivity index (χ1v) is 7.36. The molecule has 0 aromatic heterocycles. The highest BCUT2D eigenvalue weighted by atomic mass is 16.7. The molecule has 25 heavy (non-hydrogen) atoms. The van der Waals surface area contributed by atoms with Crippen LogP contribution in [-0.4, -0.2) is 64.7 Å². The molecule has 0 bridgehead atoms. The maximum atomic E-state index is 10.7. The summed E-state index contributed by atoms with van der Waals surface area (Å²) in [7, 11) is 1.08. The van der Waals surface area contributed by atoms with Crippen LogP contribution in [0.3, 0.4) is 0 Å². The molecule has 1 fully saturated rings. The second kappa shape index (κ2) is 8.62. The summed E-state index contributed by atoms with van der Waals surface area (Å²) in [6.07, 6.45) is -5.97. The predicted molar refractivity (Wildman–Crippen MR) is 81.8 cm³/mol. The molecule has 1 heterocycles. The minimum Gasteiger partial charge on any atom is -0.482 e. The Bertz CT molecular complexity index is 592. The van der Waals surface area contributed by atoms with Crippen LogP contribution < -0.4 is 4.74 Å². The van der Waals surface area contributed by atoms with E-state index in [0.29, 0.717) is 12.0 Å². The SMILES string of the molecule is COC(=CO[C@H]1[C@H](O)[C@@H](O)[C@@H](Oc2ccccc2)O[C@@H]1CO)[N+](=O)[O-]. The topological polar surface area (TPSA) is 141 Å². The third kappa shape index (κ3) is 4.57. The van der Waals surface area contributed by atoms with Crippen molar-refractivity contribution in [2.75, 3.05) is 13.7 Å². The Morgan fingerprint density at radius 1 is 1.32 bits per heavy atom. The third-order valence-corrected chi connectivity index (χ3v) is 3.53. The molecule has 10 nitrogen and oxygen atoms in total. The number of nitrogens with zero attached hydrogens (tertiary/aromatic N) is 1. The number of hydrogen-bond acceptors (Lipinski definition) is 9. The molecular formula is C15H19NO9. The molecule has 1 aliphatic rings. The molecule has 2 rings (SSSR count). The second-order valence-corrected chi connectivity index (χ2v) is 5.16. The second-order valence-electron chi connectivity index (χ2n) is 5.16. The smallest absolute Gasteiger partial charge is 0.462 e. The average Bonchev–Trinajstić information content (AvgIpc) is 2.61. The maximum Gasteiger partial charge on any atom is 0.462 e. The molecule has 1 aliphatic heterocycles. The number of ether oxygens (including phenoxy) is 4. The molecule has 0 saturated carbocycles. The number of hydrogen-bond donors (Lipinski definition) is 3. The largest absolute Gasteiger partial charge is 0.482 e. The van der Waals surface area contributed by atoms with Gasteiger partial charge in [0.05, 0.1) is 13.7 Å². The molecular weight excluding hydrogens is 338 g/mol. The van der Waals surface area contributed by atoms with Gasteiger partial charge in [0.1, 0.15) is 29.0 Å². The van der Waals surface area contributed by atoms with Crippen molar-refractivity contribution in [1.29, 1.82) is 0 Å². The Labute approximate surface area is 143 Å². The Hall–Kier alpha value is -2.40. The summed E-state index contributed by atoms with van der Waals surface area (Å²) in [4.78, 5) is 9.84. The highest BCUT2D eigenvalue weighted by Crippen LogP contribution is 2.26. The van der Waals surface area contributed by atoms with Gasteiger partial charge in [-0.15, -0.1) is 0 Å². The van der Waals surface area contributed by atoms with E-state index in [1.165, 1.54) is 0 Å². The lowest BCUT2D eigenvalue weighted by Gasteiger charge is -2.40. The van der Waals surface area contributed by atoms with E-state index in [1.54, 1.807) is 30.3 Å². The van der Waals surface area contributed by atoms with Gasteiger partial charge in [0.15, 0.2) is 6.10 Å². The average molecular weight is 357 g/mol. The monoisotopic (exact) mass is 357 g/mol. The van der Waals surface area contributed by atoms with Crippen molar-refractivity contribution in [3.8, 4) is 5.75 Å². The zero-order valence-corrected chi connectivity index (χ0v) is 13.3. The summed E-state index contributed by atoms with van der Waals surface area (Å²) in [6.45, 7) is -0.572. The number of nitro groups is 1. The molecule has 1 saturated heterocycles. The molecule has 0 amide bonds. The summed E-state index contributed by atoms with van der Waals surface area (Å²) >= 11 is 0. The Morgan fingerprint density at radius 3 is 2.56 bits per heavy atom. The molecule has 5 atom stereocenters. The van der Waals surface area contributed by atoms with Gasteiger partial charge in [-0.1, -0.05) is 18.2 Å². The van der Waals surface area contributed by atoms with E-state index in [9.17, 15) is 25.4 Å². The van der Waals surface area contributed by atoms with Crippen LogP contribution in [-0.2, 0) is 14.2 Å². The van der Waals surface area contributed by atoms with Crippen LogP contribution >= 0.6 is 0 Å². The quantitative estimate of drug-likeness (QED) is 0.338. The van der Waals surface area contributed by atoms with Gasteiger partial charge in [0.25, 0.3) is 0 Å². The first-order chi connectivity index (χ1) is 12.0. The van der Waals surface area contributed by atoms with Crippen molar-refractivity contribution >= 4 is 0 Å². The number of para-hydroxylation sites is 1. The van der Waals surface area contributed by atoms with Gasteiger partial charge in [-0.25, -0.2) is 0 Å². The van der Waals surface area contributed by atoms with Crippen molar-refractivity contribution in [3.05, 3.63) is 52.6 Å². The van der Waals surface area contributed by atoms with Gasteiger partial charge in [0, 0.05) is 0 Å². The highest BCUT2D eigenvalue weighted by molar-refractivity contribution is 5.21. The minimum atomic E-state index is -1.53. The van der Waals surface area contributed by atoms with E-state index in [-0.39, 0.29) is 0 Å². The van der Waals surface area contributed by atoms with Gasteiger partial charge in [-0.2, -0.15) is 0 Å². The van der Waals surface area contributed by atoms with Crippen molar-refractivity contribution < 1.29 is 39.2 Å². The zero-order chi connectivity index (χ0) is 18.4. The molecule has 3 N–H and O–H groups in total. The first kappa shape index (κ1) is 18.9. The first-order valence-electron chi connectivity index (χ1n) is 7.36. The van der Waals surface area contributed by atoms with Gasteiger partial charge < -0.3 is 34.3 Å². The maximum absolute atomic E-state index is 10.7. The van der Waals surface area contributed by atoms with Gasteiger partial charge in [-0.3, -0.25) is 10.1 Å². The van der Waals surface area contributed by atoms with Crippen LogP contribution in [0.25, 0.3) is 0 Å². The number of benzene rings is 1. The number of aliphatic hydroxyl groups is 3. The van der Waals surface area contributed by atoms with Crippen LogP contribution in [0.2, 0.25) is 0 Å². The predicted octanol–water partition coefficient (Wildman–Crippen LogP) is -0.388. The molecule has 10 heteroatoms. The van der Waals surface area contributed by atoms with E-state index in [1.807, 2.05) is 0 Å². The van der Waals surface area contributed by atoms with Crippen LogP contribution in [0.15, 0.2) is 42.5 Å². The molecule has 1 aromatic carbocycles. The fourth-order valence-corrected chi connectivity index (χ4v) is 2.25. The lowest BCUT2D eigenvalue weighted by Crippen LogP contribution is -2.60. The van der Waals surface area contributed by atoms with Crippen molar-refractivity contribution in [2.45, 2.75) is 30.7 Å². The number of rotatable bonds is 7. The summed E-state index contributed by atoms with van der Waals surface area (Å²) < 4.78 is 20.5. The van der Waals surface area contributed by atoms with E-state index < -0.39 is 48.1 Å². The Kier molecular flexibility index (Phi) is 6.53. The van der Waals surface area contributed by atoms with Crippen LogP contribution in [0, 0.1) is 10.1 Å². The Morgan fingerprint density at radius 2 is 2.00 bits per heavy atom. The van der Waals surface area contributed by atoms with E-state index in [0.717, 1.165) is 7.11 Å². The van der Waals surface area contributed by atoms with E-state index in [4.69, 9.17) is 14.2 Å². The molecule has 0 spiro atoms. The van der Waals surface area contributed by atoms with Gasteiger partial charge in [-0.05, 0) is 12.1 Å². The molecule has 138 valence electrons. The van der Waals surface area contributed by atoms with Crippen LogP contribution in [0.1, 0.15) is 0 Å². The normalized spacial score (nSPS) is 29.8. The summed E-state index contributed by atoms with van der Waals surface area (Å²) in [5, 5.41) is 40.5. The van der Waals surface area contributed by atoms with E-state index in [2.05, 4.69) is 4.74 Å². The highest BCUT2D eigenvalue weighted by Gasteiger charge is 2.47. The molecule has 0 aliphatic carbocycles. The molecule has 0 unspecified atom stereocenters. The lowest BCUT2D eigenvalue weighted by molar-refractivity contribution is -0.463. The lowest BCUT2D eigenvalue weighted by atomic mass is 9.99. The zero-order valence-electron chi connectivity index (χ0n) is 13.3. The Balaban J connectivity index is 2.10. The summed E-state index contributed by atoms with van der Waals surface area (Å²) in [6, 6.07) is 8.46. The van der Waals surface area contributed by atoms with Gasteiger partial charge in [0.2, 0.25) is 12.6 Å². The van der Waals surface area contributed by atoms with Crippen LogP contribution in [0.4, 0.5) is 0 Å². The number of methoxy groups -OCH3 is 1. The van der Waals surface area contributed by atoms with Crippen LogP contribution in [0.5, 0.6) is 5.75 Å². The van der Waals surface area contributed by atoms with Crippen molar-refractivity contribution in [3.63, 3.8) is 0 Å². The molecule has 0 radical (unpaired) electrons. The van der Waals surface area contributed by atoms with E-state index >= 15 is 0 Å². The standard InChI is InChI=1S/C15H19NO9/c1-22-11(16(20)21)8-23-14-10(7-17)25-15(13(19)12(14)18)24-9-5-3-2-4-6-9/h2-6,8,10,12-15,17-19H,7H2,1H3/t10-,12-,13-,14-,15+/m1/s1. The molecule has 1 aromatic rings. The van der Waals surface area contributed by atoms with Gasteiger partial charge >= 0.3 is 5.88 Å². The minimum absolute atomic E-state index is 0.393. The third-order valence-electron chi connectivity index (χ3n) is 3.53. The summed E-state index contributed by atoms with van der Waals surface area (Å²) in [5.74, 6) is -0.314. The fourth-order valence-electron chi connectivity index (χ4n) is 2.25. The van der Waals surface area contributed by atoms with Crippen molar-refractivity contribution in [2.24, 2.45) is 0 Å². The fraction of sp³-hybridized carbons (Fsp3) is 0.467. The number of aliphatic hydroxyl groups excluding tert-OH is 3. The van der Waals surface area contributed by atoms with Crippen molar-refractivity contribution in [1.82, 2.24) is 0 Å². The summed E-state index contributed by atoms with van der Waals surface area (Å²) in [5.41, 5.74) is 0.